The Bertz CT molecular complexity index is 782. The van der Waals surface area contributed by atoms with Crippen molar-refractivity contribution < 1.29 is 9.90 Å². The number of urea groups is 1. The van der Waals surface area contributed by atoms with E-state index in [1.165, 1.54) is 0 Å². The van der Waals surface area contributed by atoms with Gasteiger partial charge in [-0.3, -0.25) is 4.57 Å². The van der Waals surface area contributed by atoms with Crippen molar-refractivity contribution in [1.82, 2.24) is 19.8 Å². The van der Waals surface area contributed by atoms with Gasteiger partial charge >= 0.3 is 11.7 Å². The van der Waals surface area contributed by atoms with E-state index >= 15 is 0 Å². The lowest BCUT2D eigenvalue weighted by Gasteiger charge is -2.31. The van der Waals surface area contributed by atoms with Gasteiger partial charge in [-0.25, -0.2) is 9.59 Å². The van der Waals surface area contributed by atoms with Crippen LogP contribution >= 0.6 is 0 Å². The lowest BCUT2D eigenvalue weighted by atomic mass is 9.86. The van der Waals surface area contributed by atoms with E-state index in [2.05, 4.69) is 10.3 Å². The predicted molar refractivity (Wildman–Crippen MR) is 96.6 cm³/mol. The van der Waals surface area contributed by atoms with Gasteiger partial charge in [0.05, 0.1) is 17.1 Å². The lowest BCUT2D eigenvalue weighted by molar-refractivity contribution is 0.0565. The van der Waals surface area contributed by atoms with Gasteiger partial charge in [0.1, 0.15) is 0 Å². The number of fused-ring (bicyclic) bond motifs is 1. The first-order valence-corrected chi connectivity index (χ1v) is 8.91. The zero-order valence-electron chi connectivity index (χ0n) is 14.6. The van der Waals surface area contributed by atoms with E-state index in [4.69, 9.17) is 0 Å². The molecule has 0 saturated heterocycles. The molecule has 7 heteroatoms. The molecule has 2 amide bonds. The van der Waals surface area contributed by atoms with Crippen molar-refractivity contribution in [3.8, 4) is 0 Å². The third-order valence-corrected chi connectivity index (χ3v) is 5.02. The minimum absolute atomic E-state index is 0.153. The maximum Gasteiger partial charge on any atom is 0.326 e. The van der Waals surface area contributed by atoms with Gasteiger partial charge in [-0.2, -0.15) is 0 Å². The van der Waals surface area contributed by atoms with Gasteiger partial charge < -0.3 is 20.3 Å². The predicted octanol–water partition coefficient (Wildman–Crippen LogP) is 1.52. The van der Waals surface area contributed by atoms with Crippen LogP contribution in [0.15, 0.2) is 29.1 Å². The number of carbonyl (C=O) groups excluding carboxylic acids is 1. The summed E-state index contributed by atoms with van der Waals surface area (Å²) in [5.41, 5.74) is 1.46. The molecule has 2 unspecified atom stereocenters. The molecule has 1 aliphatic rings. The maximum atomic E-state index is 12.2. The first-order valence-electron chi connectivity index (χ1n) is 8.91. The van der Waals surface area contributed by atoms with Crippen molar-refractivity contribution in [1.29, 1.82) is 0 Å². The molecule has 0 spiro atoms. The van der Waals surface area contributed by atoms with E-state index in [-0.39, 0.29) is 23.7 Å². The molecule has 2 atom stereocenters. The van der Waals surface area contributed by atoms with Crippen molar-refractivity contribution in [2.45, 2.75) is 38.3 Å². The Morgan fingerprint density at radius 2 is 2.12 bits per heavy atom. The summed E-state index contributed by atoms with van der Waals surface area (Å²) in [7, 11) is 1.74. The maximum absolute atomic E-state index is 12.2. The number of hydrogen-bond donors (Lipinski definition) is 3. The topological polar surface area (TPSA) is 90.4 Å². The van der Waals surface area contributed by atoms with Crippen LogP contribution in [-0.4, -0.2) is 51.8 Å². The fraction of sp³-hybridized carbons (Fsp3) is 0.556. The normalized spacial score (nSPS) is 20.6. The third-order valence-electron chi connectivity index (χ3n) is 5.02. The summed E-state index contributed by atoms with van der Waals surface area (Å²) in [4.78, 5) is 28.7. The van der Waals surface area contributed by atoms with Crippen molar-refractivity contribution in [2.75, 3.05) is 20.1 Å². The molecule has 3 rings (SSSR count). The van der Waals surface area contributed by atoms with Crippen molar-refractivity contribution in [2.24, 2.45) is 5.92 Å². The number of imidazole rings is 1. The standard InChI is InChI=1S/C18H26N4O3/c1-21(12-13-6-2-5-9-16(13)23)17(24)19-10-11-22-15-8-4-3-7-14(15)20-18(22)25/h3-4,7-8,13,16,23H,2,5-6,9-12H2,1H3,(H,19,24)(H,20,25). The molecule has 2 aromatic rings. The zero-order valence-corrected chi connectivity index (χ0v) is 14.6. The summed E-state index contributed by atoms with van der Waals surface area (Å²) >= 11 is 0. The van der Waals surface area contributed by atoms with Crippen molar-refractivity contribution in [3.63, 3.8) is 0 Å². The third kappa shape index (κ3) is 4.04. The highest BCUT2D eigenvalue weighted by molar-refractivity contribution is 5.75. The molecule has 0 bridgehead atoms. The summed E-state index contributed by atoms with van der Waals surface area (Å²) in [5.74, 6) is 0.153. The smallest absolute Gasteiger partial charge is 0.326 e. The number of aromatic amines is 1. The molecule has 0 radical (unpaired) electrons. The molecule has 1 aliphatic carbocycles. The first-order chi connectivity index (χ1) is 12.1. The second kappa shape index (κ2) is 7.74. The monoisotopic (exact) mass is 346 g/mol. The minimum atomic E-state index is -0.311. The Balaban J connectivity index is 1.51. The van der Waals surface area contributed by atoms with Crippen molar-refractivity contribution in [3.05, 3.63) is 34.7 Å². The number of para-hydroxylation sites is 2. The average molecular weight is 346 g/mol. The Labute approximate surface area is 146 Å². The highest BCUT2D eigenvalue weighted by Crippen LogP contribution is 2.24. The average Bonchev–Trinajstić information content (AvgIpc) is 2.92. The van der Waals surface area contributed by atoms with Crippen LogP contribution in [0.1, 0.15) is 25.7 Å². The number of nitrogens with zero attached hydrogens (tertiary/aromatic N) is 2. The number of aromatic nitrogens is 2. The SMILES string of the molecule is CN(CC1CCCCC1O)C(=O)NCCn1c(=O)[nH]c2ccccc21. The number of aliphatic hydroxyl groups excluding tert-OH is 1. The molecule has 0 aliphatic heterocycles. The summed E-state index contributed by atoms with van der Waals surface area (Å²) in [6.07, 6.45) is 3.65. The van der Waals surface area contributed by atoms with Crippen LogP contribution in [0.25, 0.3) is 11.0 Å². The molecular weight excluding hydrogens is 320 g/mol. The molecule has 1 heterocycles. The van der Waals surface area contributed by atoms with Crippen LogP contribution in [0, 0.1) is 5.92 Å². The van der Waals surface area contributed by atoms with Gasteiger partial charge in [0.15, 0.2) is 0 Å². The van der Waals surface area contributed by atoms with Gasteiger partial charge in [-0.1, -0.05) is 25.0 Å². The van der Waals surface area contributed by atoms with Crippen molar-refractivity contribution >= 4 is 17.1 Å². The summed E-state index contributed by atoms with van der Waals surface area (Å²) in [6.45, 7) is 1.34. The molecule has 3 N–H and O–H groups in total. The highest BCUT2D eigenvalue weighted by atomic mass is 16.3. The van der Waals surface area contributed by atoms with E-state index in [1.54, 1.807) is 16.5 Å². The van der Waals surface area contributed by atoms with E-state index in [9.17, 15) is 14.7 Å². The number of aliphatic hydroxyl groups is 1. The molecule has 7 nitrogen and oxygen atoms in total. The Morgan fingerprint density at radius 3 is 2.92 bits per heavy atom. The second-order valence-electron chi connectivity index (χ2n) is 6.82. The number of hydrogen-bond acceptors (Lipinski definition) is 3. The van der Waals surface area contributed by atoms with Gasteiger partial charge in [0.25, 0.3) is 0 Å². The fourth-order valence-electron chi connectivity index (χ4n) is 3.57. The summed E-state index contributed by atoms with van der Waals surface area (Å²) in [6, 6.07) is 7.32. The van der Waals surface area contributed by atoms with E-state index in [1.807, 2.05) is 24.3 Å². The quantitative estimate of drug-likeness (QED) is 0.767. The van der Waals surface area contributed by atoms with Crippen LogP contribution in [0.2, 0.25) is 0 Å². The second-order valence-corrected chi connectivity index (χ2v) is 6.82. The van der Waals surface area contributed by atoms with Gasteiger partial charge in [-0.15, -0.1) is 0 Å². The van der Waals surface area contributed by atoms with Gasteiger partial charge in [-0.05, 0) is 25.0 Å². The van der Waals surface area contributed by atoms with Crippen LogP contribution in [0.3, 0.4) is 0 Å². The Morgan fingerprint density at radius 1 is 1.36 bits per heavy atom. The summed E-state index contributed by atoms with van der Waals surface area (Å²) < 4.78 is 1.63. The molecule has 1 aromatic heterocycles. The molecule has 1 aromatic carbocycles. The molecule has 25 heavy (non-hydrogen) atoms. The van der Waals surface area contributed by atoms with Gasteiger partial charge in [0, 0.05) is 32.6 Å². The molecular formula is C18H26N4O3. The van der Waals surface area contributed by atoms with Crippen LogP contribution < -0.4 is 11.0 Å². The van der Waals surface area contributed by atoms with Crippen LogP contribution in [0.4, 0.5) is 4.79 Å². The lowest BCUT2D eigenvalue weighted by Crippen LogP contribution is -2.44. The van der Waals surface area contributed by atoms with Gasteiger partial charge in [0.2, 0.25) is 0 Å². The molecule has 1 saturated carbocycles. The van der Waals surface area contributed by atoms with Crippen LogP contribution in [0.5, 0.6) is 0 Å². The number of benzene rings is 1. The number of carbonyl (C=O) groups is 1. The van der Waals surface area contributed by atoms with E-state index in [0.29, 0.717) is 19.6 Å². The van der Waals surface area contributed by atoms with Crippen LogP contribution in [-0.2, 0) is 6.54 Å². The highest BCUT2D eigenvalue weighted by Gasteiger charge is 2.25. The number of amides is 2. The number of rotatable bonds is 5. The Kier molecular flexibility index (Phi) is 5.43. The van der Waals surface area contributed by atoms with E-state index < -0.39 is 0 Å². The first kappa shape index (κ1) is 17.5. The molecule has 136 valence electrons. The minimum Gasteiger partial charge on any atom is -0.393 e. The van der Waals surface area contributed by atoms with E-state index in [0.717, 1.165) is 36.7 Å². The Hall–Kier alpha value is -2.28. The molecule has 1 fully saturated rings. The number of H-pyrrole nitrogens is 1. The zero-order chi connectivity index (χ0) is 17.8. The number of nitrogens with one attached hydrogen (secondary N) is 2. The largest absolute Gasteiger partial charge is 0.393 e. The fourth-order valence-corrected chi connectivity index (χ4v) is 3.57. The summed E-state index contributed by atoms with van der Waals surface area (Å²) in [5, 5.41) is 12.9.